The lowest BCUT2D eigenvalue weighted by Gasteiger charge is -2.28. The summed E-state index contributed by atoms with van der Waals surface area (Å²) in [5.74, 6) is -0.329. The average molecular weight is 844 g/mol. The second-order valence-corrected chi connectivity index (χ2v) is 19.6. The highest BCUT2D eigenvalue weighted by atomic mass is 31.2. The van der Waals surface area contributed by atoms with E-state index < -0.39 is 13.9 Å². The second-order valence-electron chi connectivity index (χ2n) is 18.2. The van der Waals surface area contributed by atoms with Gasteiger partial charge in [-0.25, -0.2) is 0 Å². The van der Waals surface area contributed by atoms with E-state index in [1.54, 1.807) is 0 Å². The summed E-state index contributed by atoms with van der Waals surface area (Å²) in [5, 5.41) is 0. The molecule has 58 heavy (non-hydrogen) atoms. The number of carbonyl (C=O) groups is 1. The van der Waals surface area contributed by atoms with Gasteiger partial charge in [0, 0.05) is 13.0 Å². The largest absolute Gasteiger partial charge is 0.756 e. The summed E-state index contributed by atoms with van der Waals surface area (Å²) in [7, 11) is 1.37. The Bertz CT molecular complexity index is 940. The number of hydrogen-bond donors (Lipinski definition) is 0. The van der Waals surface area contributed by atoms with E-state index in [0.29, 0.717) is 24.1 Å². The molecule has 0 N–H and O–H groups in total. The molecule has 2 atom stereocenters. The Morgan fingerprint density at radius 1 is 0.517 bits per heavy atom. The lowest BCUT2D eigenvalue weighted by molar-refractivity contribution is -0.870. The van der Waals surface area contributed by atoms with E-state index in [1.807, 2.05) is 21.1 Å². The molecule has 346 valence electrons. The summed E-state index contributed by atoms with van der Waals surface area (Å²) in [6.45, 7) is 5.46. The molecule has 0 fully saturated rings. The normalized spacial score (nSPS) is 13.7. The predicted molar refractivity (Wildman–Crippen MR) is 245 cm³/mol. The maximum Gasteiger partial charge on any atom is 0.306 e. The average Bonchev–Trinajstić information content (AvgIpc) is 3.18. The quantitative estimate of drug-likeness (QED) is 0.0198. The van der Waals surface area contributed by atoms with Crippen molar-refractivity contribution < 1.29 is 37.3 Å². The van der Waals surface area contributed by atoms with Crippen molar-refractivity contribution in [2.24, 2.45) is 0 Å². The van der Waals surface area contributed by atoms with E-state index in [0.717, 1.165) is 32.1 Å². The minimum absolute atomic E-state index is 0.0291. The van der Waals surface area contributed by atoms with Crippen LogP contribution in [0, 0.1) is 0 Å². The molecule has 0 aromatic rings. The molecular formula is C49H98NO7P. The molecule has 0 aliphatic rings. The van der Waals surface area contributed by atoms with Gasteiger partial charge >= 0.3 is 5.97 Å². The van der Waals surface area contributed by atoms with Crippen molar-refractivity contribution in [2.75, 3.05) is 54.1 Å². The summed E-state index contributed by atoms with van der Waals surface area (Å²) in [4.78, 5) is 25.1. The highest BCUT2D eigenvalue weighted by Crippen LogP contribution is 2.38. The van der Waals surface area contributed by atoms with Crippen LogP contribution < -0.4 is 4.89 Å². The molecule has 0 rings (SSSR count). The molecule has 0 amide bonds. The Kier molecular flexibility index (Phi) is 42.3. The molecule has 8 nitrogen and oxygen atoms in total. The van der Waals surface area contributed by atoms with Crippen LogP contribution in [0.3, 0.4) is 0 Å². The molecule has 9 heteroatoms. The van der Waals surface area contributed by atoms with Crippen LogP contribution in [-0.4, -0.2) is 70.7 Å². The number of allylic oxidation sites excluding steroid dienone is 2. The van der Waals surface area contributed by atoms with Gasteiger partial charge in [-0.2, -0.15) is 0 Å². The van der Waals surface area contributed by atoms with Crippen molar-refractivity contribution in [1.29, 1.82) is 0 Å². The van der Waals surface area contributed by atoms with Crippen molar-refractivity contribution in [3.8, 4) is 0 Å². The van der Waals surface area contributed by atoms with Crippen LogP contribution in [0.2, 0.25) is 0 Å². The molecule has 0 heterocycles. The highest BCUT2D eigenvalue weighted by Gasteiger charge is 2.20. The van der Waals surface area contributed by atoms with Crippen LogP contribution in [0.15, 0.2) is 12.2 Å². The van der Waals surface area contributed by atoms with Crippen molar-refractivity contribution >= 4 is 13.8 Å². The first-order valence-corrected chi connectivity index (χ1v) is 26.4. The van der Waals surface area contributed by atoms with E-state index in [4.69, 9.17) is 18.5 Å². The fourth-order valence-corrected chi connectivity index (χ4v) is 7.92. The number of phosphoric ester groups is 1. The van der Waals surface area contributed by atoms with Gasteiger partial charge in [-0.15, -0.1) is 0 Å². The molecule has 0 aliphatic carbocycles. The topological polar surface area (TPSA) is 94.1 Å². The molecule has 0 aliphatic heterocycles. The Balaban J connectivity index is 4.13. The lowest BCUT2D eigenvalue weighted by Crippen LogP contribution is -2.37. The van der Waals surface area contributed by atoms with Crippen LogP contribution in [0.4, 0.5) is 0 Å². The number of ether oxygens (including phenoxy) is 2. The predicted octanol–water partition coefficient (Wildman–Crippen LogP) is 14.4. The highest BCUT2D eigenvalue weighted by molar-refractivity contribution is 7.45. The van der Waals surface area contributed by atoms with Gasteiger partial charge in [0.15, 0.2) is 0 Å². The number of likely N-dealkylation sites (N-methyl/N-ethyl adjacent to an activating group) is 1. The summed E-state index contributed by atoms with van der Waals surface area (Å²) in [6.07, 6.45) is 48.0. The number of carbonyl (C=O) groups excluding carboxylic acids is 1. The monoisotopic (exact) mass is 844 g/mol. The summed E-state index contributed by atoms with van der Waals surface area (Å²) >= 11 is 0. The zero-order valence-corrected chi connectivity index (χ0v) is 40.2. The number of nitrogens with zero attached hydrogens (tertiary/aromatic N) is 1. The van der Waals surface area contributed by atoms with E-state index in [2.05, 4.69) is 26.0 Å². The van der Waals surface area contributed by atoms with Gasteiger partial charge in [0.25, 0.3) is 7.82 Å². The standard InChI is InChI=1S/C49H98NO7P/c1-6-8-10-12-14-16-18-20-22-24-25-27-29-31-33-35-37-39-41-44-54-46-48(47-56-58(52,53)55-45-43-50(3,4)5)57-49(51)42-40-38-36-34-32-30-28-26-23-21-19-17-15-13-11-9-7-2/h22,24,48H,6-21,23,25-47H2,1-5H3/b24-22-. The Morgan fingerprint density at radius 2 is 0.897 bits per heavy atom. The van der Waals surface area contributed by atoms with Crippen LogP contribution in [0.1, 0.15) is 239 Å². The number of phosphoric acid groups is 1. The third-order valence-electron chi connectivity index (χ3n) is 11.1. The van der Waals surface area contributed by atoms with Crippen LogP contribution in [0.25, 0.3) is 0 Å². The molecule has 2 unspecified atom stereocenters. The Hall–Kier alpha value is -0.760. The van der Waals surface area contributed by atoms with E-state index >= 15 is 0 Å². The minimum Gasteiger partial charge on any atom is -0.756 e. The molecule has 0 spiro atoms. The number of unbranched alkanes of at least 4 members (excludes halogenated alkanes) is 31. The van der Waals surface area contributed by atoms with E-state index in [-0.39, 0.29) is 25.8 Å². The van der Waals surface area contributed by atoms with Crippen molar-refractivity contribution in [3.05, 3.63) is 12.2 Å². The van der Waals surface area contributed by atoms with Crippen molar-refractivity contribution in [3.63, 3.8) is 0 Å². The van der Waals surface area contributed by atoms with Gasteiger partial charge in [0.05, 0.1) is 34.4 Å². The van der Waals surface area contributed by atoms with Gasteiger partial charge in [-0.05, 0) is 38.5 Å². The van der Waals surface area contributed by atoms with Gasteiger partial charge in [-0.1, -0.05) is 206 Å². The van der Waals surface area contributed by atoms with Gasteiger partial charge in [0.1, 0.15) is 19.3 Å². The van der Waals surface area contributed by atoms with Crippen molar-refractivity contribution in [1.82, 2.24) is 0 Å². The van der Waals surface area contributed by atoms with E-state index in [1.165, 1.54) is 186 Å². The summed E-state index contributed by atoms with van der Waals surface area (Å²) < 4.78 is 34.7. The van der Waals surface area contributed by atoms with Crippen LogP contribution >= 0.6 is 7.82 Å². The van der Waals surface area contributed by atoms with Gasteiger partial charge < -0.3 is 27.9 Å². The molecular weight excluding hydrogens is 746 g/mol. The zero-order valence-electron chi connectivity index (χ0n) is 39.3. The third-order valence-corrected chi connectivity index (χ3v) is 12.0. The summed E-state index contributed by atoms with van der Waals surface area (Å²) in [6, 6.07) is 0. The number of rotatable bonds is 47. The number of hydrogen-bond acceptors (Lipinski definition) is 7. The maximum absolute atomic E-state index is 12.7. The molecule has 0 saturated heterocycles. The third kappa shape index (κ3) is 46.3. The maximum atomic E-state index is 12.7. The lowest BCUT2D eigenvalue weighted by atomic mass is 10.0. The molecule has 0 saturated carbocycles. The molecule has 0 aromatic heterocycles. The zero-order chi connectivity index (χ0) is 42.7. The SMILES string of the molecule is CCCCCCCCC/C=C\CCCCCCCCCCOCC(COP(=O)([O-])OCC[N+](C)(C)C)OC(=O)CCCCCCCCCCCCCCCCCCC. The van der Waals surface area contributed by atoms with E-state index in [9.17, 15) is 14.3 Å². The van der Waals surface area contributed by atoms with Crippen molar-refractivity contribution in [2.45, 2.75) is 245 Å². The van der Waals surface area contributed by atoms with Crippen LogP contribution in [0.5, 0.6) is 0 Å². The summed E-state index contributed by atoms with van der Waals surface area (Å²) in [5.41, 5.74) is 0. The Morgan fingerprint density at radius 3 is 1.31 bits per heavy atom. The first-order valence-electron chi connectivity index (χ1n) is 24.9. The second kappa shape index (κ2) is 42.9. The number of quaternary nitrogens is 1. The number of esters is 1. The fourth-order valence-electron chi connectivity index (χ4n) is 7.19. The first kappa shape index (κ1) is 57.2. The molecule has 0 aromatic carbocycles. The fraction of sp³-hybridized carbons (Fsp3) is 0.939. The smallest absolute Gasteiger partial charge is 0.306 e. The first-order chi connectivity index (χ1) is 28.1. The van der Waals surface area contributed by atoms with Crippen LogP contribution in [-0.2, 0) is 27.9 Å². The molecule has 0 bridgehead atoms. The van der Waals surface area contributed by atoms with Gasteiger partial charge in [-0.3, -0.25) is 9.36 Å². The Labute approximate surface area is 360 Å². The molecule has 0 radical (unpaired) electrons. The minimum atomic E-state index is -4.52. The van der Waals surface area contributed by atoms with Gasteiger partial charge in [0.2, 0.25) is 0 Å².